The van der Waals surface area contributed by atoms with E-state index in [4.69, 9.17) is 19.3 Å². The Hall–Kier alpha value is -3.68. The van der Waals surface area contributed by atoms with E-state index >= 15 is 0 Å². The summed E-state index contributed by atoms with van der Waals surface area (Å²) in [6.45, 7) is 0. The van der Waals surface area contributed by atoms with Crippen molar-refractivity contribution in [2.45, 2.75) is 0 Å². The summed E-state index contributed by atoms with van der Waals surface area (Å²) in [6, 6.07) is 8.24. The third-order valence-electron chi connectivity index (χ3n) is 4.61. The van der Waals surface area contributed by atoms with E-state index in [1.165, 1.54) is 28.4 Å². The van der Waals surface area contributed by atoms with Crippen LogP contribution in [0.15, 0.2) is 30.3 Å². The highest BCUT2D eigenvalue weighted by Gasteiger charge is 2.25. The van der Waals surface area contributed by atoms with Gasteiger partial charge >= 0.3 is 11.9 Å². The average Bonchev–Trinajstić information content (AvgIpc) is 2.70. The quantitative estimate of drug-likeness (QED) is 0.525. The normalized spacial score (nSPS) is 10.7. The molecule has 28 heavy (non-hydrogen) atoms. The topological polar surface area (TPSA) is 106 Å². The highest BCUT2D eigenvalue weighted by atomic mass is 16.5. The largest absolute Gasteiger partial charge is 0.504 e. The lowest BCUT2D eigenvalue weighted by atomic mass is 9.97. The zero-order chi connectivity index (χ0) is 20.6. The molecule has 0 radical (unpaired) electrons. The number of carboxylic acid groups (broad SMARTS) is 1. The standard InChI is InChI=1S/C20H19NO7/c1-21(19(23)20(24)25)12-9-10-5-7-13(26-2)17(22)15(10)16-11(12)6-8-14(27-3)18(16)28-4/h5-9,22H,1-4H3,(H,24,25). The van der Waals surface area contributed by atoms with Gasteiger partial charge < -0.3 is 29.3 Å². The molecule has 0 aliphatic rings. The second-order valence-corrected chi connectivity index (χ2v) is 6.00. The number of rotatable bonds is 4. The van der Waals surface area contributed by atoms with E-state index in [0.717, 1.165) is 4.90 Å². The maximum Gasteiger partial charge on any atom is 0.394 e. The van der Waals surface area contributed by atoms with Crippen molar-refractivity contribution < 1.29 is 34.0 Å². The minimum absolute atomic E-state index is 0.102. The number of methoxy groups -OCH3 is 3. The van der Waals surface area contributed by atoms with E-state index in [9.17, 15) is 14.7 Å². The molecule has 8 heteroatoms. The van der Waals surface area contributed by atoms with E-state index in [-0.39, 0.29) is 11.5 Å². The second kappa shape index (κ2) is 7.15. The van der Waals surface area contributed by atoms with Gasteiger partial charge in [-0.15, -0.1) is 0 Å². The molecule has 2 N–H and O–H groups in total. The van der Waals surface area contributed by atoms with Crippen LogP contribution in [0.5, 0.6) is 23.0 Å². The fraction of sp³-hybridized carbons (Fsp3) is 0.200. The predicted octanol–water partition coefficient (Wildman–Crippen LogP) is 2.77. The molecule has 3 aromatic carbocycles. The van der Waals surface area contributed by atoms with Crippen LogP contribution < -0.4 is 19.1 Å². The number of carboxylic acids is 1. The molecule has 0 fully saturated rings. The van der Waals surface area contributed by atoms with Crippen LogP contribution in [0.1, 0.15) is 0 Å². The molecule has 0 saturated heterocycles. The Morgan fingerprint density at radius 1 is 0.929 bits per heavy atom. The molecule has 146 valence electrons. The summed E-state index contributed by atoms with van der Waals surface area (Å²) in [5.74, 6) is -1.74. The number of phenolic OH excluding ortho intramolecular Hbond substituents is 1. The lowest BCUT2D eigenvalue weighted by Crippen LogP contribution is -2.33. The number of fused-ring (bicyclic) bond motifs is 3. The Morgan fingerprint density at radius 2 is 1.57 bits per heavy atom. The molecule has 1 amide bonds. The molecule has 0 atom stereocenters. The van der Waals surface area contributed by atoms with E-state index < -0.39 is 11.9 Å². The van der Waals surface area contributed by atoms with Crippen molar-refractivity contribution in [1.82, 2.24) is 0 Å². The van der Waals surface area contributed by atoms with Crippen LogP contribution >= 0.6 is 0 Å². The van der Waals surface area contributed by atoms with Crippen molar-refractivity contribution in [1.29, 1.82) is 0 Å². The molecule has 0 aliphatic carbocycles. The first-order valence-electron chi connectivity index (χ1n) is 8.24. The molecule has 8 nitrogen and oxygen atoms in total. The summed E-state index contributed by atoms with van der Waals surface area (Å²) in [6.07, 6.45) is 0. The Labute approximate surface area is 160 Å². The van der Waals surface area contributed by atoms with Crippen molar-refractivity contribution >= 4 is 39.1 Å². The first-order valence-corrected chi connectivity index (χ1v) is 8.24. The smallest absolute Gasteiger partial charge is 0.394 e. The van der Waals surface area contributed by atoms with Crippen LogP contribution in [0.4, 0.5) is 5.69 Å². The third kappa shape index (κ3) is 2.79. The van der Waals surface area contributed by atoms with Crippen LogP contribution in [0.25, 0.3) is 21.5 Å². The highest BCUT2D eigenvalue weighted by molar-refractivity contribution is 6.38. The molecule has 0 saturated carbocycles. The summed E-state index contributed by atoms with van der Waals surface area (Å²) in [5.41, 5.74) is 0.348. The van der Waals surface area contributed by atoms with Crippen molar-refractivity contribution in [2.24, 2.45) is 0 Å². The van der Waals surface area contributed by atoms with Gasteiger partial charge in [0.2, 0.25) is 0 Å². The Morgan fingerprint density at radius 3 is 2.14 bits per heavy atom. The van der Waals surface area contributed by atoms with Crippen LogP contribution in [0, 0.1) is 0 Å². The Balaban J connectivity index is 2.54. The lowest BCUT2D eigenvalue weighted by Gasteiger charge is -2.21. The number of aliphatic carboxylic acids is 1. The van der Waals surface area contributed by atoms with Gasteiger partial charge in [0.15, 0.2) is 23.0 Å². The molecule has 0 bridgehead atoms. The van der Waals surface area contributed by atoms with Gasteiger partial charge in [-0.2, -0.15) is 0 Å². The summed E-state index contributed by atoms with van der Waals surface area (Å²) >= 11 is 0. The molecule has 0 unspecified atom stereocenters. The molecule has 0 heterocycles. The van der Waals surface area contributed by atoms with Crippen LogP contribution in [0.3, 0.4) is 0 Å². The fourth-order valence-corrected chi connectivity index (χ4v) is 3.28. The second-order valence-electron chi connectivity index (χ2n) is 6.00. The highest BCUT2D eigenvalue weighted by Crippen LogP contribution is 2.48. The van der Waals surface area contributed by atoms with Crippen LogP contribution in [-0.2, 0) is 9.59 Å². The van der Waals surface area contributed by atoms with E-state index in [0.29, 0.717) is 38.7 Å². The number of carbonyl (C=O) groups excluding carboxylic acids is 1. The Bertz CT molecular complexity index is 1110. The first kappa shape index (κ1) is 19.1. The van der Waals surface area contributed by atoms with Crippen molar-refractivity contribution in [2.75, 3.05) is 33.3 Å². The minimum Gasteiger partial charge on any atom is -0.504 e. The number of hydrogen-bond acceptors (Lipinski definition) is 6. The van der Waals surface area contributed by atoms with Gasteiger partial charge in [0, 0.05) is 23.2 Å². The zero-order valence-electron chi connectivity index (χ0n) is 15.8. The summed E-state index contributed by atoms with van der Waals surface area (Å²) in [5, 5.41) is 21.8. The average molecular weight is 385 g/mol. The maximum absolute atomic E-state index is 12.1. The molecular formula is C20H19NO7. The number of hydrogen-bond donors (Lipinski definition) is 2. The van der Waals surface area contributed by atoms with Gasteiger partial charge in [-0.3, -0.25) is 4.79 Å². The number of phenols is 1. The summed E-state index contributed by atoms with van der Waals surface area (Å²) in [7, 11) is 5.75. The first-order chi connectivity index (χ1) is 13.3. The van der Waals surface area contributed by atoms with E-state index in [1.54, 1.807) is 30.3 Å². The maximum atomic E-state index is 12.1. The predicted molar refractivity (Wildman–Crippen MR) is 104 cm³/mol. The molecule has 3 rings (SSSR count). The SMILES string of the molecule is COc1ccc2cc(N(C)C(=O)C(=O)O)c3ccc(OC)c(OC)c3c2c1O. The number of benzene rings is 3. The minimum atomic E-state index is -1.58. The monoisotopic (exact) mass is 385 g/mol. The van der Waals surface area contributed by atoms with Gasteiger partial charge in [-0.25, -0.2) is 4.79 Å². The van der Waals surface area contributed by atoms with Gasteiger partial charge in [0.25, 0.3) is 0 Å². The number of anilines is 1. The lowest BCUT2D eigenvalue weighted by molar-refractivity contribution is -0.148. The van der Waals surface area contributed by atoms with Gasteiger partial charge in [-0.05, 0) is 29.7 Å². The third-order valence-corrected chi connectivity index (χ3v) is 4.61. The fourth-order valence-electron chi connectivity index (χ4n) is 3.28. The van der Waals surface area contributed by atoms with E-state index in [1.807, 2.05) is 0 Å². The number of carbonyl (C=O) groups is 2. The van der Waals surface area contributed by atoms with Crippen molar-refractivity contribution in [3.8, 4) is 23.0 Å². The van der Waals surface area contributed by atoms with Crippen LogP contribution in [-0.4, -0.2) is 50.5 Å². The summed E-state index contributed by atoms with van der Waals surface area (Å²) < 4.78 is 16.1. The molecule has 0 aromatic heterocycles. The number of aromatic hydroxyl groups is 1. The molecule has 0 aliphatic heterocycles. The number of nitrogens with zero attached hydrogens (tertiary/aromatic N) is 1. The number of likely N-dealkylation sites (N-methyl/N-ethyl adjacent to an activating group) is 1. The van der Waals surface area contributed by atoms with Crippen LogP contribution in [0.2, 0.25) is 0 Å². The molecular weight excluding hydrogens is 366 g/mol. The number of amides is 1. The van der Waals surface area contributed by atoms with E-state index in [2.05, 4.69) is 0 Å². The summed E-state index contributed by atoms with van der Waals surface area (Å²) in [4.78, 5) is 24.3. The zero-order valence-corrected chi connectivity index (χ0v) is 15.8. The van der Waals surface area contributed by atoms with Gasteiger partial charge in [0.1, 0.15) is 0 Å². The van der Waals surface area contributed by atoms with Gasteiger partial charge in [-0.1, -0.05) is 6.07 Å². The molecule has 3 aromatic rings. The molecule has 0 spiro atoms. The Kier molecular flexibility index (Phi) is 4.87. The van der Waals surface area contributed by atoms with Gasteiger partial charge in [0.05, 0.1) is 27.0 Å². The van der Waals surface area contributed by atoms with Crippen molar-refractivity contribution in [3.05, 3.63) is 30.3 Å². The number of ether oxygens (including phenoxy) is 3. The van der Waals surface area contributed by atoms with Crippen molar-refractivity contribution in [3.63, 3.8) is 0 Å².